The molecule has 1 unspecified atom stereocenters. The Morgan fingerprint density at radius 3 is 2.57 bits per heavy atom. The summed E-state index contributed by atoms with van der Waals surface area (Å²) in [4.78, 5) is 38.8. The molecule has 0 saturated carbocycles. The van der Waals surface area contributed by atoms with Crippen molar-refractivity contribution < 1.29 is 14.3 Å². The zero-order chi connectivity index (χ0) is 28.5. The number of carbonyl (C=O) groups is 1. The van der Waals surface area contributed by atoms with Gasteiger partial charge < -0.3 is 24.2 Å². The molecule has 16 heteroatoms. The van der Waals surface area contributed by atoms with Crippen molar-refractivity contribution in [2.45, 2.75) is 19.1 Å². The second kappa shape index (κ2) is 11.4. The van der Waals surface area contributed by atoms with E-state index in [4.69, 9.17) is 9.47 Å². The Labute approximate surface area is 241 Å². The average molecular weight is 576 g/mol. The van der Waals surface area contributed by atoms with Gasteiger partial charge >= 0.3 is 6.09 Å². The first kappa shape index (κ1) is 26.5. The Balaban J connectivity index is 0.924. The Kier molecular flexibility index (Phi) is 7.21. The maximum atomic E-state index is 11.9. The first-order chi connectivity index (χ1) is 20.6. The standard InChI is InChI=1S/C26H33N13O3/c1-34-15-19(11-30-34)22-14-27-24-23(31-22)32-33-39(24)17-21-16-38(9-10-41-21)25-28-12-20(13-29-25)36-7-5-35(6-8-36)18-42-26(40)37-3-2-4-37/h11-15,21H,2-10,16-18H2,1H3. The van der Waals surface area contributed by atoms with Gasteiger partial charge in [-0.1, -0.05) is 5.21 Å². The van der Waals surface area contributed by atoms with Crippen molar-refractivity contribution in [2.24, 2.45) is 7.05 Å². The summed E-state index contributed by atoms with van der Waals surface area (Å²) in [6.45, 7) is 7.58. The van der Waals surface area contributed by atoms with Crippen molar-refractivity contribution in [1.29, 1.82) is 0 Å². The molecule has 0 aliphatic carbocycles. The monoisotopic (exact) mass is 575 g/mol. The van der Waals surface area contributed by atoms with Crippen LogP contribution in [-0.4, -0.2) is 132 Å². The van der Waals surface area contributed by atoms with Crippen LogP contribution in [0.15, 0.2) is 31.0 Å². The zero-order valence-electron chi connectivity index (χ0n) is 23.5. The highest BCUT2D eigenvalue weighted by atomic mass is 16.6. The van der Waals surface area contributed by atoms with Gasteiger partial charge in [-0.3, -0.25) is 9.58 Å². The van der Waals surface area contributed by atoms with E-state index in [1.54, 1.807) is 26.7 Å². The second-order valence-corrected chi connectivity index (χ2v) is 10.7. The smallest absolute Gasteiger partial charge is 0.411 e. The van der Waals surface area contributed by atoms with Crippen LogP contribution in [0.25, 0.3) is 22.6 Å². The number of anilines is 2. The molecule has 1 amide bonds. The van der Waals surface area contributed by atoms with Gasteiger partial charge in [-0.2, -0.15) is 5.10 Å². The summed E-state index contributed by atoms with van der Waals surface area (Å²) in [5, 5.41) is 12.7. The molecule has 4 aromatic rings. The minimum Gasteiger partial charge on any atom is -0.433 e. The van der Waals surface area contributed by atoms with Gasteiger partial charge in [-0.15, -0.1) is 5.10 Å². The van der Waals surface area contributed by atoms with E-state index in [2.05, 4.69) is 50.0 Å². The van der Waals surface area contributed by atoms with Gasteiger partial charge in [0.2, 0.25) is 11.6 Å². The minimum atomic E-state index is -0.211. The van der Waals surface area contributed by atoms with E-state index in [-0.39, 0.29) is 12.2 Å². The van der Waals surface area contributed by atoms with Crippen LogP contribution < -0.4 is 9.80 Å². The highest BCUT2D eigenvalue weighted by molar-refractivity contribution is 5.69. The number of hydrogen-bond acceptors (Lipinski definition) is 13. The third-order valence-electron chi connectivity index (χ3n) is 7.87. The summed E-state index contributed by atoms with van der Waals surface area (Å²) in [5.41, 5.74) is 3.66. The van der Waals surface area contributed by atoms with Crippen LogP contribution in [0.4, 0.5) is 16.4 Å². The SMILES string of the molecule is Cn1cc(-c2cnc3c(nnn3CC3CN(c4ncc(N5CCN(COC(=O)N6CCC6)CC5)cn4)CCO3)n2)cn1. The largest absolute Gasteiger partial charge is 0.433 e. The molecule has 0 radical (unpaired) electrons. The molecule has 0 spiro atoms. The molecule has 3 saturated heterocycles. The van der Waals surface area contributed by atoms with Crippen LogP contribution in [0.3, 0.4) is 0 Å². The number of morpholine rings is 1. The van der Waals surface area contributed by atoms with E-state index in [1.165, 1.54) is 0 Å². The van der Waals surface area contributed by atoms with Gasteiger partial charge in [0.15, 0.2) is 5.65 Å². The topological polar surface area (TPSA) is 149 Å². The molecule has 0 aromatic carbocycles. The summed E-state index contributed by atoms with van der Waals surface area (Å²) in [6, 6.07) is 0. The van der Waals surface area contributed by atoms with Gasteiger partial charge in [0, 0.05) is 71.2 Å². The summed E-state index contributed by atoms with van der Waals surface area (Å²) < 4.78 is 14.9. The number of aryl methyl sites for hydroxylation is 1. The van der Waals surface area contributed by atoms with Crippen LogP contribution in [-0.2, 0) is 23.1 Å². The normalized spacial score (nSPS) is 19.7. The number of fused-ring (bicyclic) bond motifs is 1. The number of rotatable bonds is 7. The number of nitrogens with zero attached hydrogens (tertiary/aromatic N) is 13. The first-order valence-electron chi connectivity index (χ1n) is 14.2. The van der Waals surface area contributed by atoms with E-state index < -0.39 is 0 Å². The van der Waals surface area contributed by atoms with Crippen molar-refractivity contribution in [3.05, 3.63) is 31.0 Å². The first-order valence-corrected chi connectivity index (χ1v) is 14.2. The fourth-order valence-corrected chi connectivity index (χ4v) is 5.29. The van der Waals surface area contributed by atoms with Gasteiger partial charge in [0.05, 0.1) is 55.4 Å². The molecule has 0 N–H and O–H groups in total. The predicted octanol–water partition coefficient (Wildman–Crippen LogP) is 0.239. The number of amides is 1. The molecule has 1 atom stereocenters. The third kappa shape index (κ3) is 5.54. The van der Waals surface area contributed by atoms with Gasteiger partial charge in [0.25, 0.3) is 0 Å². The van der Waals surface area contributed by atoms with E-state index in [1.807, 2.05) is 25.6 Å². The molecule has 220 valence electrons. The van der Waals surface area contributed by atoms with Crippen LogP contribution >= 0.6 is 0 Å². The Morgan fingerprint density at radius 2 is 1.83 bits per heavy atom. The summed E-state index contributed by atoms with van der Waals surface area (Å²) in [6.07, 6.45) is 9.83. The van der Waals surface area contributed by atoms with Crippen molar-refractivity contribution in [3.8, 4) is 11.3 Å². The molecule has 3 aliphatic heterocycles. The number of aromatic nitrogens is 9. The van der Waals surface area contributed by atoms with Crippen LogP contribution in [0.2, 0.25) is 0 Å². The van der Waals surface area contributed by atoms with E-state index in [0.29, 0.717) is 55.9 Å². The molecule has 7 rings (SSSR count). The van der Waals surface area contributed by atoms with Gasteiger partial charge in [0.1, 0.15) is 6.73 Å². The maximum absolute atomic E-state index is 11.9. The van der Waals surface area contributed by atoms with Crippen LogP contribution in [0, 0.1) is 0 Å². The molecule has 16 nitrogen and oxygen atoms in total. The zero-order valence-corrected chi connectivity index (χ0v) is 23.5. The number of hydrogen-bond donors (Lipinski definition) is 0. The fraction of sp³-hybridized carbons (Fsp3) is 0.538. The lowest BCUT2D eigenvalue weighted by atomic mass is 10.2. The van der Waals surface area contributed by atoms with Crippen LogP contribution in [0.1, 0.15) is 6.42 Å². The van der Waals surface area contributed by atoms with Gasteiger partial charge in [-0.25, -0.2) is 29.4 Å². The summed E-state index contributed by atoms with van der Waals surface area (Å²) in [5.74, 6) is 0.674. The number of ether oxygens (including phenoxy) is 2. The molecule has 42 heavy (non-hydrogen) atoms. The molecule has 7 heterocycles. The van der Waals surface area contributed by atoms with E-state index >= 15 is 0 Å². The number of carbonyl (C=O) groups excluding carboxylic acids is 1. The highest BCUT2D eigenvalue weighted by Crippen LogP contribution is 2.21. The predicted molar refractivity (Wildman–Crippen MR) is 151 cm³/mol. The minimum absolute atomic E-state index is 0.130. The van der Waals surface area contributed by atoms with E-state index in [9.17, 15) is 4.79 Å². The lowest BCUT2D eigenvalue weighted by Gasteiger charge is -2.36. The second-order valence-electron chi connectivity index (χ2n) is 10.7. The van der Waals surface area contributed by atoms with Crippen molar-refractivity contribution in [2.75, 3.05) is 75.5 Å². The molecule has 3 fully saturated rings. The molecule has 0 bridgehead atoms. The molecule has 4 aromatic heterocycles. The molecule has 3 aliphatic rings. The number of likely N-dealkylation sites (tertiary alicyclic amines) is 1. The Bertz CT molecular complexity index is 1530. The van der Waals surface area contributed by atoms with Crippen molar-refractivity contribution in [1.82, 2.24) is 54.5 Å². The maximum Gasteiger partial charge on any atom is 0.411 e. The van der Waals surface area contributed by atoms with Crippen molar-refractivity contribution in [3.63, 3.8) is 0 Å². The van der Waals surface area contributed by atoms with E-state index in [0.717, 1.165) is 56.9 Å². The number of piperazine rings is 1. The average Bonchev–Trinajstić information content (AvgIpc) is 3.61. The lowest BCUT2D eigenvalue weighted by Crippen LogP contribution is -2.49. The third-order valence-corrected chi connectivity index (χ3v) is 7.87. The highest BCUT2D eigenvalue weighted by Gasteiger charge is 2.26. The fourth-order valence-electron chi connectivity index (χ4n) is 5.29. The Hall–Kier alpha value is -4.44. The molecular weight excluding hydrogens is 542 g/mol. The van der Waals surface area contributed by atoms with Gasteiger partial charge in [-0.05, 0) is 6.42 Å². The quantitative estimate of drug-likeness (QED) is 0.296. The summed E-state index contributed by atoms with van der Waals surface area (Å²) in [7, 11) is 1.86. The Morgan fingerprint density at radius 1 is 1.00 bits per heavy atom. The summed E-state index contributed by atoms with van der Waals surface area (Å²) >= 11 is 0. The van der Waals surface area contributed by atoms with Crippen molar-refractivity contribution >= 4 is 29.0 Å². The lowest BCUT2D eigenvalue weighted by molar-refractivity contribution is 0.0272. The van der Waals surface area contributed by atoms with Crippen LogP contribution in [0.5, 0.6) is 0 Å². The molecular formula is C26H33N13O3.